The van der Waals surface area contributed by atoms with Crippen molar-refractivity contribution in [3.63, 3.8) is 0 Å². The summed E-state index contributed by atoms with van der Waals surface area (Å²) in [6.45, 7) is 2.09. The Balaban J connectivity index is 2.55. The SMILES string of the molecule is Cc1[c]cccc1-c1cccs1. The first-order valence-corrected chi connectivity index (χ1v) is 4.77. The summed E-state index contributed by atoms with van der Waals surface area (Å²) in [5.74, 6) is 0. The molecule has 0 nitrogen and oxygen atoms in total. The van der Waals surface area contributed by atoms with Crippen LogP contribution in [0.3, 0.4) is 0 Å². The van der Waals surface area contributed by atoms with E-state index in [-0.39, 0.29) is 0 Å². The van der Waals surface area contributed by atoms with Crippen molar-refractivity contribution in [2.24, 2.45) is 0 Å². The van der Waals surface area contributed by atoms with Crippen molar-refractivity contribution in [3.05, 3.63) is 47.3 Å². The van der Waals surface area contributed by atoms with Crippen LogP contribution in [0.15, 0.2) is 35.7 Å². The van der Waals surface area contributed by atoms with Gasteiger partial charge >= 0.3 is 0 Å². The Bertz CT molecular complexity index is 360. The van der Waals surface area contributed by atoms with Crippen molar-refractivity contribution in [2.45, 2.75) is 6.92 Å². The van der Waals surface area contributed by atoms with E-state index in [1.165, 1.54) is 16.0 Å². The van der Waals surface area contributed by atoms with Crippen molar-refractivity contribution in [2.75, 3.05) is 0 Å². The molecule has 0 N–H and O–H groups in total. The highest BCUT2D eigenvalue weighted by Crippen LogP contribution is 2.26. The first-order chi connectivity index (χ1) is 5.88. The van der Waals surface area contributed by atoms with Crippen molar-refractivity contribution in [1.82, 2.24) is 0 Å². The van der Waals surface area contributed by atoms with Gasteiger partial charge in [0.25, 0.3) is 0 Å². The average molecular weight is 173 g/mol. The molecule has 0 aliphatic rings. The predicted molar refractivity (Wildman–Crippen MR) is 53.3 cm³/mol. The summed E-state index contributed by atoms with van der Waals surface area (Å²) in [6.07, 6.45) is 0. The second kappa shape index (κ2) is 3.11. The Morgan fingerprint density at radius 2 is 2.17 bits per heavy atom. The van der Waals surface area contributed by atoms with Crippen LogP contribution in [0.25, 0.3) is 10.4 Å². The van der Waals surface area contributed by atoms with E-state index < -0.39 is 0 Å². The van der Waals surface area contributed by atoms with Crippen LogP contribution in [0.2, 0.25) is 0 Å². The smallest absolute Gasteiger partial charge is 0.0345 e. The van der Waals surface area contributed by atoms with Gasteiger partial charge in [0.2, 0.25) is 0 Å². The topological polar surface area (TPSA) is 0 Å². The average Bonchev–Trinajstić information content (AvgIpc) is 2.57. The minimum atomic E-state index is 1.22. The molecule has 1 aromatic heterocycles. The largest absolute Gasteiger partial charge is 0.144 e. The maximum Gasteiger partial charge on any atom is 0.0345 e. The van der Waals surface area contributed by atoms with Gasteiger partial charge in [-0.3, -0.25) is 0 Å². The minimum absolute atomic E-state index is 1.22. The molecule has 1 radical (unpaired) electrons. The fraction of sp³-hybridized carbons (Fsp3) is 0.0909. The Morgan fingerprint density at radius 1 is 1.25 bits per heavy atom. The van der Waals surface area contributed by atoms with E-state index in [9.17, 15) is 0 Å². The minimum Gasteiger partial charge on any atom is -0.144 e. The van der Waals surface area contributed by atoms with Crippen LogP contribution in [-0.4, -0.2) is 0 Å². The zero-order chi connectivity index (χ0) is 8.39. The van der Waals surface area contributed by atoms with Crippen LogP contribution in [0.5, 0.6) is 0 Å². The number of aryl methyl sites for hydroxylation is 1. The quantitative estimate of drug-likeness (QED) is 0.619. The molecular formula is C11H9S. The lowest BCUT2D eigenvalue weighted by atomic mass is 10.1. The Kier molecular flexibility index (Phi) is 1.96. The molecule has 0 aliphatic carbocycles. The van der Waals surface area contributed by atoms with Crippen LogP contribution < -0.4 is 0 Å². The van der Waals surface area contributed by atoms with Gasteiger partial charge in [-0.2, -0.15) is 0 Å². The van der Waals surface area contributed by atoms with Crippen LogP contribution >= 0.6 is 11.3 Å². The Hall–Kier alpha value is -1.08. The van der Waals surface area contributed by atoms with Crippen LogP contribution in [0.1, 0.15) is 5.56 Å². The van der Waals surface area contributed by atoms with E-state index in [1.54, 1.807) is 11.3 Å². The standard InChI is InChI=1S/C11H9S/c1-9-5-2-3-6-10(9)11-7-4-8-12-11/h2-4,6-8H,1H3. The van der Waals surface area contributed by atoms with Gasteiger partial charge in [0.1, 0.15) is 0 Å². The summed E-state index contributed by atoms with van der Waals surface area (Å²) in [7, 11) is 0. The predicted octanol–water partition coefficient (Wildman–Crippen LogP) is 3.52. The van der Waals surface area contributed by atoms with Gasteiger partial charge in [-0.1, -0.05) is 24.3 Å². The highest BCUT2D eigenvalue weighted by atomic mass is 32.1. The summed E-state index contributed by atoms with van der Waals surface area (Å²) in [6, 6.07) is 13.5. The van der Waals surface area contributed by atoms with Crippen LogP contribution in [-0.2, 0) is 0 Å². The lowest BCUT2D eigenvalue weighted by Crippen LogP contribution is -1.77. The number of rotatable bonds is 1. The third kappa shape index (κ3) is 1.28. The molecule has 0 spiro atoms. The van der Waals surface area contributed by atoms with E-state index in [4.69, 9.17) is 0 Å². The zero-order valence-corrected chi connectivity index (χ0v) is 7.69. The lowest BCUT2D eigenvalue weighted by Gasteiger charge is -2.00. The molecule has 0 aliphatic heterocycles. The van der Waals surface area contributed by atoms with Gasteiger partial charge in [0.05, 0.1) is 0 Å². The van der Waals surface area contributed by atoms with Crippen molar-refractivity contribution in [3.8, 4) is 10.4 Å². The molecule has 59 valence electrons. The van der Waals surface area contributed by atoms with Gasteiger partial charge in [0, 0.05) is 4.88 Å². The number of benzene rings is 1. The maximum atomic E-state index is 3.19. The van der Waals surface area contributed by atoms with Crippen molar-refractivity contribution < 1.29 is 0 Å². The normalized spacial score (nSPS) is 10.1. The van der Waals surface area contributed by atoms with Crippen LogP contribution in [0, 0.1) is 13.0 Å². The highest BCUT2D eigenvalue weighted by Gasteiger charge is 1.99. The van der Waals surface area contributed by atoms with E-state index in [1.807, 2.05) is 12.1 Å². The monoisotopic (exact) mass is 173 g/mol. The maximum absolute atomic E-state index is 3.19. The molecule has 1 heterocycles. The second-order valence-electron chi connectivity index (χ2n) is 2.69. The summed E-state index contributed by atoms with van der Waals surface area (Å²) in [5.41, 5.74) is 2.52. The molecule has 1 heteroatoms. The molecule has 0 bridgehead atoms. The molecule has 0 amide bonds. The molecule has 2 aromatic rings. The summed E-state index contributed by atoms with van der Waals surface area (Å²) in [4.78, 5) is 1.32. The third-order valence-corrected chi connectivity index (χ3v) is 2.75. The molecular weight excluding hydrogens is 164 g/mol. The summed E-state index contributed by atoms with van der Waals surface area (Å²) < 4.78 is 0. The molecule has 0 atom stereocenters. The van der Waals surface area contributed by atoms with Gasteiger partial charge in [-0.25, -0.2) is 0 Å². The molecule has 0 unspecified atom stereocenters. The van der Waals surface area contributed by atoms with E-state index in [0.717, 1.165) is 0 Å². The highest BCUT2D eigenvalue weighted by molar-refractivity contribution is 7.13. The van der Waals surface area contributed by atoms with Crippen molar-refractivity contribution >= 4 is 11.3 Å². The summed E-state index contributed by atoms with van der Waals surface area (Å²) >= 11 is 1.77. The number of hydrogen-bond donors (Lipinski definition) is 0. The zero-order valence-electron chi connectivity index (χ0n) is 6.87. The van der Waals surface area contributed by atoms with Gasteiger partial charge < -0.3 is 0 Å². The molecule has 0 saturated heterocycles. The van der Waals surface area contributed by atoms with E-state index in [0.29, 0.717) is 0 Å². The first-order valence-electron chi connectivity index (χ1n) is 3.89. The summed E-state index contributed by atoms with van der Waals surface area (Å²) in [5, 5.41) is 2.10. The molecule has 12 heavy (non-hydrogen) atoms. The Morgan fingerprint density at radius 3 is 2.83 bits per heavy atom. The molecule has 1 aromatic carbocycles. The molecule has 0 saturated carbocycles. The van der Waals surface area contributed by atoms with Gasteiger partial charge in [-0.05, 0) is 35.6 Å². The van der Waals surface area contributed by atoms with Gasteiger partial charge in [0.15, 0.2) is 0 Å². The van der Waals surface area contributed by atoms with Crippen molar-refractivity contribution in [1.29, 1.82) is 0 Å². The second-order valence-corrected chi connectivity index (χ2v) is 3.63. The number of hydrogen-bond acceptors (Lipinski definition) is 1. The van der Waals surface area contributed by atoms with E-state index >= 15 is 0 Å². The Labute approximate surface area is 76.5 Å². The molecule has 0 fully saturated rings. The lowest BCUT2D eigenvalue weighted by molar-refractivity contribution is 1.46. The molecule has 2 rings (SSSR count). The fourth-order valence-corrected chi connectivity index (χ4v) is 2.03. The number of thiophene rings is 1. The third-order valence-electron chi connectivity index (χ3n) is 1.85. The van der Waals surface area contributed by atoms with Crippen LogP contribution in [0.4, 0.5) is 0 Å². The fourth-order valence-electron chi connectivity index (χ4n) is 1.22. The van der Waals surface area contributed by atoms with E-state index in [2.05, 4.69) is 36.6 Å². The first kappa shape index (κ1) is 7.56. The van der Waals surface area contributed by atoms with Gasteiger partial charge in [-0.15, -0.1) is 11.3 Å².